The number of hydrogen-bond acceptors (Lipinski definition) is 2. The lowest BCUT2D eigenvalue weighted by Crippen LogP contribution is -2.24. The number of benzene rings is 1. The van der Waals surface area contributed by atoms with Gasteiger partial charge >= 0.3 is 6.03 Å². The molecule has 104 valence electrons. The third-order valence-corrected chi connectivity index (χ3v) is 2.78. The van der Waals surface area contributed by atoms with Crippen molar-refractivity contribution in [3.8, 4) is 0 Å². The summed E-state index contributed by atoms with van der Waals surface area (Å²) >= 11 is 0. The molecule has 3 N–H and O–H groups in total. The monoisotopic (exact) mass is 272 g/mol. The molecule has 1 aromatic carbocycles. The highest BCUT2D eigenvalue weighted by molar-refractivity contribution is 6.03. The van der Waals surface area contributed by atoms with Crippen LogP contribution in [0.15, 0.2) is 42.6 Å². The molecule has 0 saturated carbocycles. The summed E-state index contributed by atoms with van der Waals surface area (Å²) in [6.45, 7) is 0. The molecule has 0 bridgehead atoms. The average Bonchev–Trinajstić information content (AvgIpc) is 2.85. The Balaban J connectivity index is 2.10. The molecular weight excluding hydrogens is 256 g/mol. The van der Waals surface area contributed by atoms with E-state index in [1.54, 1.807) is 54.2 Å². The molecule has 1 heterocycles. The van der Waals surface area contributed by atoms with Gasteiger partial charge in [0, 0.05) is 31.7 Å². The third kappa shape index (κ3) is 3.17. The Morgan fingerprint density at radius 2 is 1.75 bits per heavy atom. The van der Waals surface area contributed by atoms with Crippen LogP contribution in [0.1, 0.15) is 10.5 Å². The molecule has 6 nitrogen and oxygen atoms in total. The molecule has 0 aliphatic rings. The summed E-state index contributed by atoms with van der Waals surface area (Å²) in [7, 11) is 3.34. The summed E-state index contributed by atoms with van der Waals surface area (Å²) in [5.74, 6) is -0.199. The topological polar surface area (TPSA) is 75.2 Å². The Bertz CT molecular complexity index is 634. The number of urea groups is 1. The zero-order chi connectivity index (χ0) is 14.5. The van der Waals surface area contributed by atoms with Gasteiger partial charge in [-0.15, -0.1) is 0 Å². The van der Waals surface area contributed by atoms with Crippen molar-refractivity contribution < 1.29 is 9.59 Å². The molecule has 2 aromatic rings. The third-order valence-electron chi connectivity index (χ3n) is 2.78. The van der Waals surface area contributed by atoms with Crippen molar-refractivity contribution in [2.75, 3.05) is 17.7 Å². The first-order valence-corrected chi connectivity index (χ1v) is 6.11. The number of hydrogen-bond donors (Lipinski definition) is 3. The molecule has 1 aromatic heterocycles. The summed E-state index contributed by atoms with van der Waals surface area (Å²) in [6.07, 6.45) is 1.80. The Morgan fingerprint density at radius 1 is 1.05 bits per heavy atom. The number of aromatic nitrogens is 1. The molecule has 3 amide bonds. The lowest BCUT2D eigenvalue weighted by Gasteiger charge is -2.09. The maximum Gasteiger partial charge on any atom is 0.318 e. The van der Waals surface area contributed by atoms with Gasteiger partial charge in [0.25, 0.3) is 5.91 Å². The van der Waals surface area contributed by atoms with Gasteiger partial charge < -0.3 is 20.5 Å². The highest BCUT2D eigenvalue weighted by Crippen LogP contribution is 2.16. The number of nitrogens with zero attached hydrogens (tertiary/aromatic N) is 1. The summed E-state index contributed by atoms with van der Waals surface area (Å²) in [6, 6.07) is 10.2. The van der Waals surface area contributed by atoms with Gasteiger partial charge in [0.05, 0.1) is 0 Å². The Morgan fingerprint density at radius 3 is 2.35 bits per heavy atom. The van der Waals surface area contributed by atoms with E-state index in [-0.39, 0.29) is 11.9 Å². The van der Waals surface area contributed by atoms with E-state index in [0.29, 0.717) is 17.1 Å². The zero-order valence-corrected chi connectivity index (χ0v) is 11.3. The molecule has 0 fully saturated rings. The number of carbonyl (C=O) groups is 2. The number of carbonyl (C=O) groups excluding carboxylic acids is 2. The Hall–Kier alpha value is -2.76. The number of amides is 3. The van der Waals surface area contributed by atoms with Gasteiger partial charge in [-0.05, 0) is 30.3 Å². The van der Waals surface area contributed by atoms with Crippen LogP contribution >= 0.6 is 0 Å². The lowest BCUT2D eigenvalue weighted by molar-refractivity contribution is 0.101. The molecule has 0 saturated heterocycles. The minimum Gasteiger partial charge on any atom is -0.347 e. The highest BCUT2D eigenvalue weighted by atomic mass is 16.2. The summed E-state index contributed by atoms with van der Waals surface area (Å²) in [4.78, 5) is 23.3. The summed E-state index contributed by atoms with van der Waals surface area (Å²) in [5.41, 5.74) is 1.79. The maximum atomic E-state index is 12.1. The molecule has 0 aliphatic heterocycles. The van der Waals surface area contributed by atoms with Gasteiger partial charge in [-0.25, -0.2) is 4.79 Å². The molecular formula is C14H16N4O2. The molecule has 6 heteroatoms. The van der Waals surface area contributed by atoms with Gasteiger partial charge in [-0.1, -0.05) is 6.07 Å². The van der Waals surface area contributed by atoms with Crippen LogP contribution < -0.4 is 16.0 Å². The fourth-order valence-electron chi connectivity index (χ4n) is 1.76. The first-order valence-electron chi connectivity index (χ1n) is 6.11. The van der Waals surface area contributed by atoms with E-state index >= 15 is 0 Å². The van der Waals surface area contributed by atoms with Crippen LogP contribution in [0, 0.1) is 0 Å². The van der Waals surface area contributed by atoms with Crippen molar-refractivity contribution in [2.45, 2.75) is 0 Å². The zero-order valence-electron chi connectivity index (χ0n) is 11.3. The highest BCUT2D eigenvalue weighted by Gasteiger charge is 2.09. The van der Waals surface area contributed by atoms with E-state index < -0.39 is 0 Å². The van der Waals surface area contributed by atoms with Gasteiger partial charge in [-0.3, -0.25) is 4.79 Å². The second-order valence-corrected chi connectivity index (χ2v) is 4.24. The lowest BCUT2D eigenvalue weighted by atomic mass is 10.2. The van der Waals surface area contributed by atoms with Crippen molar-refractivity contribution in [2.24, 2.45) is 7.05 Å². The van der Waals surface area contributed by atoms with E-state index in [4.69, 9.17) is 0 Å². The van der Waals surface area contributed by atoms with Crippen molar-refractivity contribution in [1.82, 2.24) is 9.88 Å². The van der Waals surface area contributed by atoms with Crippen molar-refractivity contribution in [3.05, 3.63) is 48.3 Å². The first-order chi connectivity index (χ1) is 9.60. The molecule has 0 spiro atoms. The van der Waals surface area contributed by atoms with E-state index in [2.05, 4.69) is 16.0 Å². The molecule has 0 atom stereocenters. The van der Waals surface area contributed by atoms with Crippen LogP contribution in [0.25, 0.3) is 0 Å². The van der Waals surface area contributed by atoms with E-state index in [9.17, 15) is 9.59 Å². The van der Waals surface area contributed by atoms with Crippen molar-refractivity contribution in [1.29, 1.82) is 0 Å². The fourth-order valence-corrected chi connectivity index (χ4v) is 1.76. The Labute approximate surface area is 116 Å². The SMILES string of the molecule is CNC(=O)Nc1cccc(NC(=O)c2cccn2C)c1. The predicted octanol–water partition coefficient (Wildman–Crippen LogP) is 2.03. The van der Waals surface area contributed by atoms with Crippen LogP contribution in [0.3, 0.4) is 0 Å². The smallest absolute Gasteiger partial charge is 0.318 e. The average molecular weight is 272 g/mol. The van der Waals surface area contributed by atoms with Gasteiger partial charge in [0.15, 0.2) is 0 Å². The molecule has 20 heavy (non-hydrogen) atoms. The fraction of sp³-hybridized carbons (Fsp3) is 0.143. The molecule has 2 rings (SSSR count). The summed E-state index contributed by atoms with van der Waals surface area (Å²) in [5, 5.41) is 7.89. The summed E-state index contributed by atoms with van der Waals surface area (Å²) < 4.78 is 1.74. The van der Waals surface area contributed by atoms with E-state index in [1.807, 2.05) is 0 Å². The Kier molecular flexibility index (Phi) is 4.05. The number of anilines is 2. The van der Waals surface area contributed by atoms with Crippen LogP contribution in [0.5, 0.6) is 0 Å². The molecule has 0 radical (unpaired) electrons. The van der Waals surface area contributed by atoms with Crippen LogP contribution in [-0.4, -0.2) is 23.6 Å². The maximum absolute atomic E-state index is 12.1. The van der Waals surface area contributed by atoms with E-state index in [1.165, 1.54) is 7.05 Å². The minimum atomic E-state index is -0.309. The minimum absolute atomic E-state index is 0.199. The second-order valence-electron chi connectivity index (χ2n) is 4.24. The second kappa shape index (κ2) is 5.92. The number of aryl methyl sites for hydroxylation is 1. The van der Waals surface area contributed by atoms with Gasteiger partial charge in [-0.2, -0.15) is 0 Å². The number of rotatable bonds is 3. The van der Waals surface area contributed by atoms with Gasteiger partial charge in [0.2, 0.25) is 0 Å². The number of nitrogens with one attached hydrogen (secondary N) is 3. The molecule has 0 aliphatic carbocycles. The molecule has 0 unspecified atom stereocenters. The van der Waals surface area contributed by atoms with Gasteiger partial charge in [0.1, 0.15) is 5.69 Å². The quantitative estimate of drug-likeness (QED) is 0.799. The van der Waals surface area contributed by atoms with Crippen molar-refractivity contribution >= 4 is 23.3 Å². The standard InChI is InChI=1S/C14H16N4O2/c1-15-14(20)17-11-6-3-5-10(9-11)16-13(19)12-7-4-8-18(12)2/h3-9H,1-2H3,(H,16,19)(H2,15,17,20). The normalized spacial score (nSPS) is 9.90. The van der Waals surface area contributed by atoms with Crippen molar-refractivity contribution in [3.63, 3.8) is 0 Å². The largest absolute Gasteiger partial charge is 0.347 e. The van der Waals surface area contributed by atoms with Crippen LogP contribution in [0.4, 0.5) is 16.2 Å². The predicted molar refractivity (Wildman–Crippen MR) is 77.9 cm³/mol. The van der Waals surface area contributed by atoms with Crippen LogP contribution in [-0.2, 0) is 7.05 Å². The first kappa shape index (κ1) is 13.7. The van der Waals surface area contributed by atoms with Crippen LogP contribution in [0.2, 0.25) is 0 Å². The van der Waals surface area contributed by atoms with E-state index in [0.717, 1.165) is 0 Å².